The summed E-state index contributed by atoms with van der Waals surface area (Å²) in [6.07, 6.45) is 5.80. The number of carbonyl (C=O) groups is 7. The fourth-order valence-corrected chi connectivity index (χ4v) is 13.6. The number of anilines is 2. The highest BCUT2D eigenvalue weighted by Crippen LogP contribution is 2.41. The van der Waals surface area contributed by atoms with E-state index < -0.39 is 101 Å². The number of hydrogen-bond donors (Lipinski definition) is 6. The van der Waals surface area contributed by atoms with Crippen molar-refractivity contribution in [2.75, 3.05) is 36.7 Å². The Morgan fingerprint density at radius 1 is 0.703 bits per heavy atom. The number of allylic oxidation sites excluding steroid dienone is 4. The lowest BCUT2D eigenvalue weighted by atomic mass is 9.94. The summed E-state index contributed by atoms with van der Waals surface area (Å²) in [6.45, 7) is -1.49. The molecule has 4 unspecified atom stereocenters. The minimum absolute atomic E-state index is 0.0646. The number of rotatable bonds is 18. The molecule has 0 aliphatic carbocycles. The summed E-state index contributed by atoms with van der Waals surface area (Å²) >= 11 is 7.90. The number of nitrogens with two attached hydrogens (primary N) is 2. The van der Waals surface area contributed by atoms with E-state index in [9.17, 15) is 74.1 Å². The number of β-lactam (4-membered cyclic amide) rings is 2. The number of aliphatic carboxylic acids is 3. The fourth-order valence-electron chi connectivity index (χ4n) is 8.31. The molecule has 0 aromatic carbocycles. The number of carboxylic acid groups (broad SMARTS) is 3. The molecule has 8 N–H and O–H groups in total. The third-order valence-electron chi connectivity index (χ3n) is 12.2. The number of carboxylic acids is 3. The lowest BCUT2D eigenvalue weighted by Crippen LogP contribution is -2.73. The molecule has 0 bridgehead atoms. The number of thioether (sulfide) groups is 2. The Morgan fingerprint density at radius 3 is 1.38 bits per heavy atom. The van der Waals surface area contributed by atoms with Gasteiger partial charge in [0.25, 0.3) is 47.0 Å². The van der Waals surface area contributed by atoms with Gasteiger partial charge in [-0.2, -0.15) is 35.5 Å². The van der Waals surface area contributed by atoms with Gasteiger partial charge in [-0.15, -0.1) is 46.2 Å². The molecule has 42 heteroatoms. The van der Waals surface area contributed by atoms with E-state index in [2.05, 4.69) is 49.7 Å². The Hall–Kier alpha value is -8.68. The van der Waals surface area contributed by atoms with Crippen LogP contribution in [0.1, 0.15) is 11.4 Å². The number of fused-ring (bicyclic) bond motifs is 4. The number of oxime groups is 2. The molecule has 484 valence electrons. The molecule has 2 saturated heterocycles. The molecule has 91 heavy (non-hydrogen) atoms. The molecule has 0 spiro atoms. The smallest absolute Gasteiger partial charge is 0.485 e. The van der Waals surface area contributed by atoms with Crippen molar-refractivity contribution in [1.29, 1.82) is 0 Å². The van der Waals surface area contributed by atoms with Crippen LogP contribution in [-0.2, 0) is 66.4 Å². The summed E-state index contributed by atoms with van der Waals surface area (Å²) in [4.78, 5) is 107. The van der Waals surface area contributed by atoms with Crippen LogP contribution in [0.4, 0.5) is 45.4 Å². The van der Waals surface area contributed by atoms with Crippen molar-refractivity contribution in [2.45, 2.75) is 48.9 Å². The van der Waals surface area contributed by atoms with Crippen LogP contribution < -0.4 is 36.3 Å². The van der Waals surface area contributed by atoms with E-state index >= 15 is 0 Å². The summed E-state index contributed by atoms with van der Waals surface area (Å²) in [6, 6.07) is 8.84. The molecular formula is C49H40F8N12O15S7. The predicted octanol–water partition coefficient (Wildman–Crippen LogP) is 3.09. The van der Waals surface area contributed by atoms with Crippen LogP contribution in [0.25, 0.3) is 20.4 Å². The van der Waals surface area contributed by atoms with Crippen molar-refractivity contribution in [2.24, 2.45) is 10.3 Å². The topological polar surface area (TPSA) is 400 Å². The van der Waals surface area contributed by atoms with Crippen LogP contribution in [-0.4, -0.2) is 157 Å². The molecule has 10 rings (SSSR count). The van der Waals surface area contributed by atoms with E-state index in [4.69, 9.17) is 34.3 Å². The molecule has 0 saturated carbocycles. The maximum Gasteiger partial charge on any atom is 0.485 e. The molecule has 2 fully saturated rings. The van der Waals surface area contributed by atoms with Crippen molar-refractivity contribution in [1.82, 2.24) is 30.4 Å². The van der Waals surface area contributed by atoms with Crippen LogP contribution in [0.3, 0.4) is 0 Å². The second kappa shape index (κ2) is 30.0. The Bertz CT molecular complexity index is 3870. The number of alkyl halides is 8. The number of hydrogen-bond acceptors (Lipinski definition) is 25. The summed E-state index contributed by atoms with van der Waals surface area (Å²) in [5.41, 5.74) is 4.74. The second-order valence-electron chi connectivity index (χ2n) is 17.8. The molecule has 4 amide bonds. The number of nitrogens with one attached hydrogen (secondary N) is 2. The van der Waals surface area contributed by atoms with Crippen molar-refractivity contribution < 1.29 is 116 Å². The van der Waals surface area contributed by atoms with Gasteiger partial charge in [0.05, 0.1) is 22.9 Å². The number of nitrogens with zero attached hydrogens (tertiary/aromatic N) is 8. The second-order valence-corrected chi connectivity index (χ2v) is 24.8. The molecule has 0 radical (unpaired) electrons. The fraction of sp³-hybridized carbons (Fsp3) is 0.245. The first-order valence-corrected chi connectivity index (χ1v) is 31.6. The van der Waals surface area contributed by atoms with E-state index in [1.165, 1.54) is 44.1 Å². The van der Waals surface area contributed by atoms with E-state index in [1.807, 2.05) is 71.7 Å². The number of aromatic nitrogens is 4. The Morgan fingerprint density at radius 2 is 1.08 bits per heavy atom. The summed E-state index contributed by atoms with van der Waals surface area (Å²) in [5.74, 6) is -7.57. The molecule has 6 aromatic rings. The van der Waals surface area contributed by atoms with Crippen LogP contribution in [0, 0.1) is 0 Å². The molecular weight excluding hydrogens is 1370 g/mol. The molecule has 4 atom stereocenters. The molecule has 4 aliphatic rings. The number of thiazole rings is 2. The maximum atomic E-state index is 13.0. The quantitative estimate of drug-likeness (QED) is 0.0137. The predicted molar refractivity (Wildman–Crippen MR) is 309 cm³/mol. The number of halogens is 8. The summed E-state index contributed by atoms with van der Waals surface area (Å²) in [5, 5.41) is 50.1. The summed E-state index contributed by atoms with van der Waals surface area (Å²) < 4.78 is 120. The first kappa shape index (κ1) is 69.8. The van der Waals surface area contributed by atoms with Crippen LogP contribution >= 0.6 is 68.9 Å². The number of nitrogen functional groups attached to an aromatic ring is 2. The normalized spacial score (nSPS) is 18.4. The zero-order valence-corrected chi connectivity index (χ0v) is 50.8. The largest absolute Gasteiger partial charge is 0.741 e. The first-order valence-electron chi connectivity index (χ1n) is 24.7. The number of carbonyl (C=O) groups excluding carboxylic acids is 5. The SMILES string of the molecule is Nc1nc(C(=NOCF)C(=O)NC2C(=O)N3C(C(=O)O)=C(/C=C/C[n+]4cccc5ccsc54)SCC23)cs1.Nc1nc(C(=NOCF)C(=O)NC2C(=O)N3C(C(=O)O)=C(/C=C/C[n+]4cccc5ccsc54)SCC23)cs1.O=C([O-])C(F)(F)F.O=S(=O)([O-])C(F)(F)F. The Labute approximate surface area is 529 Å². The van der Waals surface area contributed by atoms with Crippen molar-refractivity contribution in [3.63, 3.8) is 0 Å². The van der Waals surface area contributed by atoms with Gasteiger partial charge in [-0.05, 0) is 59.3 Å². The zero-order valence-electron chi connectivity index (χ0n) is 45.1. The standard InChI is InChI=1S/2C23H19FN6O5S3.C2HF3O2.CHF3O3S/c2*24-11-35-28-16(13-9-38-23(25)26-13)19(31)27-17-14-10-37-15(18(22(33)34)30(14)20(17)32)4-2-7-29-6-1-3-12-5-8-36-21(12)29;3-2(4,5)1(6)7;2-1(3,4)8(5,6)7/h2*1-6,8-9,14,17H,7,10-11H2,(H3-,25,26,27,31,33,34);(H,6,7);(H,5,6,7)/b2*4-2+,28-16?;;. The van der Waals surface area contributed by atoms with Gasteiger partial charge in [-0.1, -0.05) is 33.0 Å². The van der Waals surface area contributed by atoms with Gasteiger partial charge in [-0.3, -0.25) is 29.0 Å². The van der Waals surface area contributed by atoms with E-state index in [0.29, 0.717) is 34.4 Å². The average molecular weight is 1410 g/mol. The molecule has 6 aromatic heterocycles. The van der Waals surface area contributed by atoms with Crippen LogP contribution in [0.15, 0.2) is 126 Å². The van der Waals surface area contributed by atoms with Gasteiger partial charge in [0.15, 0.2) is 57.3 Å². The van der Waals surface area contributed by atoms with E-state index in [1.54, 1.807) is 34.8 Å². The monoisotopic (exact) mass is 1410 g/mol. The lowest BCUT2D eigenvalue weighted by molar-refractivity contribution is -0.659. The van der Waals surface area contributed by atoms with Crippen LogP contribution in [0.5, 0.6) is 0 Å². The zero-order chi connectivity index (χ0) is 66.7. The van der Waals surface area contributed by atoms with Gasteiger partial charge in [-0.25, -0.2) is 36.8 Å². The highest BCUT2D eigenvalue weighted by molar-refractivity contribution is 8.03. The molecule has 27 nitrogen and oxygen atoms in total. The van der Waals surface area contributed by atoms with Gasteiger partial charge in [0.1, 0.15) is 40.8 Å². The average Bonchev–Trinajstić information content (AvgIpc) is 1.35. The van der Waals surface area contributed by atoms with Crippen molar-refractivity contribution in [3.05, 3.63) is 127 Å². The van der Waals surface area contributed by atoms with Gasteiger partial charge < -0.3 is 56.4 Å². The highest BCUT2D eigenvalue weighted by atomic mass is 32.2. The molecule has 4 aliphatic heterocycles. The minimum Gasteiger partial charge on any atom is -0.741 e. The van der Waals surface area contributed by atoms with Gasteiger partial charge in [0.2, 0.25) is 0 Å². The van der Waals surface area contributed by atoms with E-state index in [0.717, 1.165) is 43.1 Å². The number of thiophene rings is 2. The minimum atomic E-state index is -6.09. The van der Waals surface area contributed by atoms with Crippen molar-refractivity contribution in [3.8, 4) is 0 Å². The van der Waals surface area contributed by atoms with Crippen LogP contribution in [0.2, 0.25) is 0 Å². The molecule has 10 heterocycles. The van der Waals surface area contributed by atoms with Gasteiger partial charge in [0, 0.05) is 44.2 Å². The highest BCUT2D eigenvalue weighted by Gasteiger charge is 2.55. The van der Waals surface area contributed by atoms with Crippen molar-refractivity contribution >= 4 is 163 Å². The third-order valence-corrected chi connectivity index (χ3v) is 18.3. The van der Waals surface area contributed by atoms with E-state index in [-0.39, 0.29) is 44.5 Å². The summed E-state index contributed by atoms with van der Waals surface area (Å²) in [7, 11) is -6.09. The maximum absolute atomic E-state index is 13.0. The first-order chi connectivity index (χ1) is 43.0. The third kappa shape index (κ3) is 16.8. The van der Waals surface area contributed by atoms with Gasteiger partial charge >= 0.3 is 23.6 Å². The Kier molecular flexibility index (Phi) is 23.0. The Balaban J connectivity index is 0.000000211. The number of amides is 4. The lowest BCUT2D eigenvalue weighted by Gasteiger charge is -2.49. The number of pyridine rings is 2.